The lowest BCUT2D eigenvalue weighted by molar-refractivity contribution is 0.143. The van der Waals surface area contributed by atoms with Crippen LogP contribution in [0.2, 0.25) is 0 Å². The molecule has 1 fully saturated rings. The third kappa shape index (κ3) is 4.43. The first-order valence-corrected chi connectivity index (χ1v) is 9.25. The van der Waals surface area contributed by atoms with Crippen LogP contribution >= 0.6 is 0 Å². The Bertz CT molecular complexity index is 703. The Kier molecular flexibility index (Phi) is 6.27. The molecule has 1 aliphatic rings. The minimum absolute atomic E-state index is 0.00465. The summed E-state index contributed by atoms with van der Waals surface area (Å²) in [6.45, 7) is 5.40. The smallest absolute Gasteiger partial charge is 0.317 e. The van der Waals surface area contributed by atoms with Crippen LogP contribution in [-0.2, 0) is 11.8 Å². The Labute approximate surface area is 153 Å². The van der Waals surface area contributed by atoms with E-state index in [-0.39, 0.29) is 11.9 Å². The van der Waals surface area contributed by atoms with E-state index in [2.05, 4.69) is 15.5 Å². The zero-order valence-electron chi connectivity index (χ0n) is 15.5. The largest absolute Gasteiger partial charge is 0.382 e. The molecule has 26 heavy (non-hydrogen) atoms. The fourth-order valence-electron chi connectivity index (χ4n) is 3.15. The van der Waals surface area contributed by atoms with E-state index in [4.69, 9.17) is 9.26 Å². The SMILES string of the molecule is CCOCCCNC(=O)N1CCC(c2nc(-c3cccn3C)no2)CC1. The minimum Gasteiger partial charge on any atom is -0.382 e. The maximum absolute atomic E-state index is 12.2. The van der Waals surface area contributed by atoms with Crippen LogP contribution in [0, 0.1) is 0 Å². The molecular weight excluding hydrogens is 334 g/mol. The fraction of sp³-hybridized carbons (Fsp3) is 0.611. The van der Waals surface area contributed by atoms with Gasteiger partial charge in [-0.3, -0.25) is 0 Å². The van der Waals surface area contributed by atoms with Crippen molar-refractivity contribution in [1.29, 1.82) is 0 Å². The van der Waals surface area contributed by atoms with Gasteiger partial charge in [0.1, 0.15) is 0 Å². The van der Waals surface area contributed by atoms with Gasteiger partial charge in [-0.05, 0) is 38.3 Å². The normalized spacial score (nSPS) is 15.4. The van der Waals surface area contributed by atoms with Crippen molar-refractivity contribution < 1.29 is 14.1 Å². The lowest BCUT2D eigenvalue weighted by Gasteiger charge is -2.30. The Morgan fingerprint density at radius 2 is 2.23 bits per heavy atom. The van der Waals surface area contributed by atoms with Gasteiger partial charge in [0.05, 0.1) is 5.69 Å². The minimum atomic E-state index is -0.00465. The molecule has 0 aromatic carbocycles. The number of rotatable bonds is 7. The highest BCUT2D eigenvalue weighted by Crippen LogP contribution is 2.28. The van der Waals surface area contributed by atoms with Crippen molar-refractivity contribution in [3.63, 3.8) is 0 Å². The molecule has 0 saturated carbocycles. The maximum atomic E-state index is 12.2. The van der Waals surface area contributed by atoms with E-state index >= 15 is 0 Å². The lowest BCUT2D eigenvalue weighted by atomic mass is 9.97. The zero-order valence-corrected chi connectivity index (χ0v) is 15.5. The van der Waals surface area contributed by atoms with Crippen molar-refractivity contribution in [2.24, 2.45) is 7.05 Å². The first-order valence-electron chi connectivity index (χ1n) is 9.25. The number of hydrogen-bond donors (Lipinski definition) is 1. The molecule has 3 rings (SSSR count). The highest BCUT2D eigenvalue weighted by Gasteiger charge is 2.27. The monoisotopic (exact) mass is 361 g/mol. The predicted octanol–water partition coefficient (Wildman–Crippen LogP) is 2.39. The molecule has 0 radical (unpaired) electrons. The number of amides is 2. The molecule has 0 spiro atoms. The van der Waals surface area contributed by atoms with Gasteiger partial charge in [-0.25, -0.2) is 4.79 Å². The van der Waals surface area contributed by atoms with Gasteiger partial charge in [-0.1, -0.05) is 5.16 Å². The number of carbonyl (C=O) groups is 1. The lowest BCUT2D eigenvalue weighted by Crippen LogP contribution is -2.44. The van der Waals surface area contributed by atoms with Crippen LogP contribution in [0.4, 0.5) is 4.79 Å². The van der Waals surface area contributed by atoms with Gasteiger partial charge in [0.15, 0.2) is 0 Å². The second kappa shape index (κ2) is 8.84. The quantitative estimate of drug-likeness (QED) is 0.766. The van der Waals surface area contributed by atoms with Gasteiger partial charge in [0.25, 0.3) is 0 Å². The van der Waals surface area contributed by atoms with Crippen molar-refractivity contribution in [2.45, 2.75) is 32.1 Å². The summed E-state index contributed by atoms with van der Waals surface area (Å²) < 4.78 is 12.7. The summed E-state index contributed by atoms with van der Waals surface area (Å²) in [5, 5.41) is 7.05. The molecule has 8 heteroatoms. The molecule has 0 bridgehead atoms. The Morgan fingerprint density at radius 3 is 2.92 bits per heavy atom. The molecule has 2 aromatic rings. The third-order valence-electron chi connectivity index (χ3n) is 4.69. The van der Waals surface area contributed by atoms with E-state index in [1.807, 2.05) is 41.8 Å². The molecular formula is C18H27N5O3. The number of carbonyl (C=O) groups excluding carboxylic acids is 1. The molecule has 142 valence electrons. The number of hydrogen-bond acceptors (Lipinski definition) is 5. The number of aromatic nitrogens is 3. The first-order chi connectivity index (χ1) is 12.7. The molecule has 0 aliphatic carbocycles. The highest BCUT2D eigenvalue weighted by molar-refractivity contribution is 5.74. The summed E-state index contributed by atoms with van der Waals surface area (Å²) in [5.41, 5.74) is 0.934. The van der Waals surface area contributed by atoms with Crippen LogP contribution in [0.5, 0.6) is 0 Å². The summed E-state index contributed by atoms with van der Waals surface area (Å²) in [5.74, 6) is 1.48. The Balaban J connectivity index is 1.46. The summed E-state index contributed by atoms with van der Waals surface area (Å²) in [4.78, 5) is 18.6. The number of likely N-dealkylation sites (tertiary alicyclic amines) is 1. The Hall–Kier alpha value is -2.35. The molecule has 1 saturated heterocycles. The summed E-state index contributed by atoms with van der Waals surface area (Å²) in [6.07, 6.45) is 4.46. The summed E-state index contributed by atoms with van der Waals surface area (Å²) >= 11 is 0. The van der Waals surface area contributed by atoms with Gasteiger partial charge < -0.3 is 24.0 Å². The van der Waals surface area contributed by atoms with Crippen molar-refractivity contribution >= 4 is 6.03 Å². The van der Waals surface area contributed by atoms with Crippen molar-refractivity contribution in [1.82, 2.24) is 24.9 Å². The molecule has 2 amide bonds. The maximum Gasteiger partial charge on any atom is 0.317 e. The molecule has 8 nitrogen and oxygen atoms in total. The van der Waals surface area contributed by atoms with E-state index < -0.39 is 0 Å². The average Bonchev–Trinajstić information content (AvgIpc) is 3.30. The number of urea groups is 1. The van der Waals surface area contributed by atoms with Crippen molar-refractivity contribution in [3.8, 4) is 11.5 Å². The summed E-state index contributed by atoms with van der Waals surface area (Å²) in [7, 11) is 1.96. The van der Waals surface area contributed by atoms with Crippen molar-refractivity contribution in [3.05, 3.63) is 24.2 Å². The van der Waals surface area contributed by atoms with Crippen LogP contribution in [0.15, 0.2) is 22.9 Å². The van der Waals surface area contributed by atoms with Gasteiger partial charge >= 0.3 is 6.03 Å². The van der Waals surface area contributed by atoms with Crippen LogP contribution < -0.4 is 5.32 Å². The second-order valence-electron chi connectivity index (χ2n) is 6.50. The number of aryl methyl sites for hydroxylation is 1. The Morgan fingerprint density at radius 1 is 1.42 bits per heavy atom. The van der Waals surface area contributed by atoms with Gasteiger partial charge in [0, 0.05) is 52.0 Å². The predicted molar refractivity (Wildman–Crippen MR) is 96.8 cm³/mol. The molecule has 0 unspecified atom stereocenters. The fourth-order valence-corrected chi connectivity index (χ4v) is 3.15. The van der Waals surface area contributed by atoms with Crippen LogP contribution in [-0.4, -0.2) is 58.5 Å². The van der Waals surface area contributed by atoms with Gasteiger partial charge in [0.2, 0.25) is 11.7 Å². The first kappa shape index (κ1) is 18.4. The molecule has 3 heterocycles. The topological polar surface area (TPSA) is 85.4 Å². The molecule has 1 N–H and O–H groups in total. The van der Waals surface area contributed by atoms with Gasteiger partial charge in [-0.15, -0.1) is 0 Å². The van der Waals surface area contributed by atoms with Gasteiger partial charge in [-0.2, -0.15) is 4.98 Å². The highest BCUT2D eigenvalue weighted by atomic mass is 16.5. The molecule has 0 atom stereocenters. The van der Waals surface area contributed by atoms with Crippen LogP contribution in [0.1, 0.15) is 38.0 Å². The summed E-state index contributed by atoms with van der Waals surface area (Å²) in [6, 6.07) is 3.92. The van der Waals surface area contributed by atoms with Crippen molar-refractivity contribution in [2.75, 3.05) is 32.8 Å². The van der Waals surface area contributed by atoms with E-state index in [1.54, 1.807) is 0 Å². The van der Waals surface area contributed by atoms with E-state index in [0.717, 1.165) is 25.0 Å². The number of nitrogens with one attached hydrogen (secondary N) is 1. The third-order valence-corrected chi connectivity index (χ3v) is 4.69. The van der Waals surface area contributed by atoms with Crippen LogP contribution in [0.25, 0.3) is 11.5 Å². The number of ether oxygens (including phenoxy) is 1. The van der Waals surface area contributed by atoms with E-state index in [1.165, 1.54) is 0 Å². The molecule has 1 aliphatic heterocycles. The van der Waals surface area contributed by atoms with Crippen LogP contribution in [0.3, 0.4) is 0 Å². The standard InChI is InChI=1S/C18H27N5O3/c1-3-25-13-5-9-19-18(24)23-11-7-14(8-12-23)17-20-16(21-26-17)15-6-4-10-22(15)2/h4,6,10,14H,3,5,7-9,11-13H2,1-2H3,(H,19,24). The number of piperidine rings is 1. The van der Waals surface area contributed by atoms with E-state index in [9.17, 15) is 4.79 Å². The molecule has 2 aromatic heterocycles. The average molecular weight is 361 g/mol. The zero-order chi connectivity index (χ0) is 18.4. The second-order valence-corrected chi connectivity index (χ2v) is 6.50. The number of nitrogens with zero attached hydrogens (tertiary/aromatic N) is 4. The van der Waals surface area contributed by atoms with E-state index in [0.29, 0.717) is 44.6 Å².